The molecule has 0 radical (unpaired) electrons. The summed E-state index contributed by atoms with van der Waals surface area (Å²) in [5.41, 5.74) is 3.17. The number of ether oxygens (including phenoxy) is 1. The van der Waals surface area contributed by atoms with E-state index in [-0.39, 0.29) is 16.7 Å². The first-order chi connectivity index (χ1) is 16.8. The number of nitrogens with two attached hydrogens (primary N) is 1. The van der Waals surface area contributed by atoms with Gasteiger partial charge in [-0.2, -0.15) is 0 Å². The average molecular weight is 500 g/mol. The molecule has 0 atom stereocenters. The Balaban J connectivity index is 0.000000367. The molecule has 0 bridgehead atoms. The number of benzene rings is 2. The number of primary sulfonamides is 1. The normalized spacial score (nSPS) is 13.8. The van der Waals surface area contributed by atoms with Gasteiger partial charge < -0.3 is 15.4 Å². The Labute approximate surface area is 207 Å². The van der Waals surface area contributed by atoms with Gasteiger partial charge in [0.2, 0.25) is 22.3 Å². The van der Waals surface area contributed by atoms with Gasteiger partial charge in [0, 0.05) is 30.1 Å². The topological polar surface area (TPSA) is 128 Å². The number of rotatable bonds is 10. The number of hydrogen-bond donors (Lipinski definition) is 3. The van der Waals surface area contributed by atoms with E-state index in [1.54, 1.807) is 31.4 Å². The van der Waals surface area contributed by atoms with Crippen LogP contribution in [0.5, 0.6) is 0 Å². The van der Waals surface area contributed by atoms with Crippen LogP contribution in [0.4, 0.5) is 0 Å². The quantitative estimate of drug-likeness (QED) is 0.263. The highest BCUT2D eigenvalue weighted by Gasteiger charge is 2.22. The van der Waals surface area contributed by atoms with Crippen molar-refractivity contribution >= 4 is 22.3 Å². The highest BCUT2D eigenvalue weighted by Crippen LogP contribution is 2.27. The van der Waals surface area contributed by atoms with Crippen molar-refractivity contribution in [2.24, 2.45) is 11.1 Å². The second kappa shape index (κ2) is 14.1. The molecule has 1 saturated carbocycles. The summed E-state index contributed by atoms with van der Waals surface area (Å²) >= 11 is 0. The molecule has 35 heavy (non-hydrogen) atoms. The number of hydrogen-bond acceptors (Lipinski definition) is 5. The molecule has 188 valence electrons. The maximum absolute atomic E-state index is 12.1. The average Bonchev–Trinajstić information content (AvgIpc) is 3.41. The molecular formula is C26H33N3O5S. The fourth-order valence-electron chi connectivity index (χ4n) is 3.75. The molecule has 0 heterocycles. The van der Waals surface area contributed by atoms with Gasteiger partial charge in [-0.1, -0.05) is 68.0 Å². The maximum atomic E-state index is 12.1. The summed E-state index contributed by atoms with van der Waals surface area (Å²) in [4.78, 5) is 22.0. The zero-order valence-corrected chi connectivity index (χ0v) is 20.7. The Morgan fingerprint density at radius 3 is 2.37 bits per heavy atom. The molecule has 0 spiro atoms. The Kier molecular flexibility index (Phi) is 11.2. The number of carbonyl (C=O) groups is 2. The first kappa shape index (κ1) is 27.8. The Hall–Kier alpha value is -3.43. The van der Waals surface area contributed by atoms with E-state index in [4.69, 9.17) is 9.88 Å². The molecule has 3 rings (SSSR count). The van der Waals surface area contributed by atoms with E-state index >= 15 is 0 Å². The molecule has 1 aliphatic carbocycles. The lowest BCUT2D eigenvalue weighted by atomic mass is 10.0. The minimum atomic E-state index is -3.78. The van der Waals surface area contributed by atoms with Crippen LogP contribution < -0.4 is 15.8 Å². The van der Waals surface area contributed by atoms with Gasteiger partial charge in [0.05, 0.1) is 18.3 Å². The second-order valence-electron chi connectivity index (χ2n) is 8.07. The number of nitrogens with one attached hydrogen (secondary N) is 2. The van der Waals surface area contributed by atoms with Crippen molar-refractivity contribution in [1.29, 1.82) is 0 Å². The molecule has 8 nitrogen and oxygen atoms in total. The van der Waals surface area contributed by atoms with Crippen LogP contribution in [0.3, 0.4) is 0 Å². The molecule has 0 aliphatic heterocycles. The molecular weight excluding hydrogens is 466 g/mol. The minimum Gasteiger partial charge on any atom is -0.504 e. The van der Waals surface area contributed by atoms with Gasteiger partial charge >= 0.3 is 0 Å². The first-order valence-corrected chi connectivity index (χ1v) is 12.8. The van der Waals surface area contributed by atoms with Crippen molar-refractivity contribution < 1.29 is 22.7 Å². The number of amides is 2. The predicted molar refractivity (Wildman–Crippen MR) is 136 cm³/mol. The molecule has 2 aromatic rings. The summed E-state index contributed by atoms with van der Waals surface area (Å²) in [6.45, 7) is 4.47. The monoisotopic (exact) mass is 499 g/mol. The molecule has 0 aromatic heterocycles. The lowest BCUT2D eigenvalue weighted by molar-refractivity contribution is -0.125. The highest BCUT2D eigenvalue weighted by atomic mass is 32.2. The van der Waals surface area contributed by atoms with Gasteiger partial charge in [-0.15, -0.1) is 0 Å². The van der Waals surface area contributed by atoms with Crippen LogP contribution in [-0.4, -0.2) is 34.4 Å². The van der Waals surface area contributed by atoms with Crippen molar-refractivity contribution in [1.82, 2.24) is 10.6 Å². The minimum absolute atomic E-state index is 0.109. The van der Waals surface area contributed by atoms with Crippen molar-refractivity contribution in [2.75, 3.05) is 13.7 Å². The number of methoxy groups -OCH3 is 1. The van der Waals surface area contributed by atoms with E-state index < -0.39 is 10.0 Å². The summed E-state index contributed by atoms with van der Waals surface area (Å²) in [6.07, 6.45) is 8.02. The van der Waals surface area contributed by atoms with E-state index in [2.05, 4.69) is 17.2 Å². The maximum Gasteiger partial charge on any atom is 0.238 e. The van der Waals surface area contributed by atoms with Crippen molar-refractivity contribution in [3.05, 3.63) is 78.6 Å². The van der Waals surface area contributed by atoms with Crippen molar-refractivity contribution in [3.63, 3.8) is 0 Å². The summed E-state index contributed by atoms with van der Waals surface area (Å²) in [5.74, 6) is 0.280. The van der Waals surface area contributed by atoms with E-state index in [0.717, 1.165) is 42.4 Å². The fraction of sp³-hybridized carbons (Fsp3) is 0.308. The second-order valence-corrected chi connectivity index (χ2v) is 9.60. The summed E-state index contributed by atoms with van der Waals surface area (Å²) in [6, 6.07) is 14.1. The third-order valence-corrected chi connectivity index (χ3v) is 6.54. The van der Waals surface area contributed by atoms with Gasteiger partial charge in [0.25, 0.3) is 0 Å². The summed E-state index contributed by atoms with van der Waals surface area (Å²) in [7, 11) is -2.23. The highest BCUT2D eigenvalue weighted by molar-refractivity contribution is 7.89. The summed E-state index contributed by atoms with van der Waals surface area (Å²) in [5, 5.41) is 10.8. The SMILES string of the molecule is C=C/C(=C\OC)CNC=O.NS(=O)(=O)c1ccccc1-c1ccc(CNC(=O)C2CCCC2)cc1. The fourth-order valence-corrected chi connectivity index (χ4v) is 4.51. The van der Waals surface area contributed by atoms with Crippen LogP contribution >= 0.6 is 0 Å². The molecule has 1 aliphatic rings. The predicted octanol–water partition coefficient (Wildman–Crippen LogP) is 3.26. The Bertz CT molecular complexity index is 1120. The smallest absolute Gasteiger partial charge is 0.238 e. The molecule has 1 fully saturated rings. The zero-order chi connectivity index (χ0) is 25.7. The van der Waals surface area contributed by atoms with Crippen molar-refractivity contribution in [3.8, 4) is 11.1 Å². The molecule has 0 unspecified atom stereocenters. The van der Waals surface area contributed by atoms with Gasteiger partial charge in [-0.25, -0.2) is 13.6 Å². The molecule has 4 N–H and O–H groups in total. The van der Waals surface area contributed by atoms with Crippen LogP contribution in [-0.2, 0) is 30.9 Å². The van der Waals surface area contributed by atoms with Crippen LogP contribution in [0.15, 0.2) is 77.9 Å². The lowest BCUT2D eigenvalue weighted by Crippen LogP contribution is -2.28. The lowest BCUT2D eigenvalue weighted by Gasteiger charge is -2.11. The molecule has 2 amide bonds. The van der Waals surface area contributed by atoms with E-state index in [1.165, 1.54) is 12.3 Å². The van der Waals surface area contributed by atoms with Crippen molar-refractivity contribution in [2.45, 2.75) is 37.1 Å². The van der Waals surface area contributed by atoms with Gasteiger partial charge in [-0.05, 0) is 30.0 Å². The van der Waals surface area contributed by atoms with E-state index in [0.29, 0.717) is 25.1 Å². The van der Waals surface area contributed by atoms with Crippen LogP contribution in [0.25, 0.3) is 11.1 Å². The number of sulfonamides is 1. The van der Waals surface area contributed by atoms with Crippen LogP contribution in [0, 0.1) is 5.92 Å². The van der Waals surface area contributed by atoms with Crippen LogP contribution in [0.1, 0.15) is 31.2 Å². The largest absolute Gasteiger partial charge is 0.504 e. The third-order valence-electron chi connectivity index (χ3n) is 5.57. The van der Waals surface area contributed by atoms with E-state index in [9.17, 15) is 18.0 Å². The Morgan fingerprint density at radius 1 is 1.14 bits per heavy atom. The zero-order valence-electron chi connectivity index (χ0n) is 19.9. The van der Waals surface area contributed by atoms with Gasteiger partial charge in [0.15, 0.2) is 0 Å². The molecule has 0 saturated heterocycles. The molecule has 9 heteroatoms. The summed E-state index contributed by atoms with van der Waals surface area (Å²) < 4.78 is 28.2. The first-order valence-electron chi connectivity index (χ1n) is 11.3. The van der Waals surface area contributed by atoms with Gasteiger partial charge in [-0.3, -0.25) is 9.59 Å². The van der Waals surface area contributed by atoms with E-state index in [1.807, 2.05) is 24.3 Å². The number of carbonyl (C=O) groups excluding carboxylic acids is 2. The Morgan fingerprint density at radius 2 is 1.80 bits per heavy atom. The van der Waals surface area contributed by atoms with Crippen LogP contribution in [0.2, 0.25) is 0 Å². The van der Waals surface area contributed by atoms with Gasteiger partial charge in [0.1, 0.15) is 0 Å². The molecule has 2 aromatic carbocycles. The standard InChI is InChI=1S/C19H22N2O3S.C7H11NO2/c20-25(23,24)18-8-4-3-7-17(18)15-11-9-14(10-12-15)13-21-19(22)16-5-1-2-6-16;1-3-7(5-10-2)4-8-6-9/h3-4,7-12,16H,1-2,5-6,13H2,(H,21,22)(H2,20,23,24);3,5-6H,1,4H2,2H3,(H,8,9)/b;7-5+. The third kappa shape index (κ3) is 9.03.